The van der Waals surface area contributed by atoms with Crippen LogP contribution >= 0.6 is 0 Å². The van der Waals surface area contributed by atoms with Gasteiger partial charge in [0.15, 0.2) is 0 Å². The third-order valence-corrected chi connectivity index (χ3v) is 1.51. The van der Waals surface area contributed by atoms with E-state index < -0.39 is 0 Å². The van der Waals surface area contributed by atoms with E-state index in [1.807, 2.05) is 20.8 Å². The van der Waals surface area contributed by atoms with Gasteiger partial charge in [-0.2, -0.15) is 0 Å². The number of rotatable bonds is 1. The summed E-state index contributed by atoms with van der Waals surface area (Å²) in [5.74, 6) is -0.534. The van der Waals surface area contributed by atoms with Gasteiger partial charge in [-0.15, -0.1) is 0 Å². The van der Waals surface area contributed by atoms with Gasteiger partial charge < -0.3 is 5.32 Å². The van der Waals surface area contributed by atoms with E-state index in [0.29, 0.717) is 5.69 Å². The highest BCUT2D eigenvalue weighted by Crippen LogP contribution is 2.15. The molecule has 1 N–H and O–H groups in total. The zero-order chi connectivity index (χ0) is 11.1. The molecule has 0 spiro atoms. The van der Waals surface area contributed by atoms with Crippen LogP contribution in [0.15, 0.2) is 18.2 Å². The highest BCUT2D eigenvalue weighted by Gasteiger charge is 2.00. The molecule has 0 radical (unpaired) electrons. The van der Waals surface area contributed by atoms with E-state index in [0.717, 1.165) is 5.56 Å². The van der Waals surface area contributed by atoms with Gasteiger partial charge in [0.05, 0.1) is 0 Å². The van der Waals surface area contributed by atoms with Crippen LogP contribution in [0.4, 0.5) is 10.1 Å². The van der Waals surface area contributed by atoms with E-state index in [9.17, 15) is 9.18 Å². The first-order valence-corrected chi connectivity index (χ1v) is 4.63. The SMILES string of the molecule is CC.CC(=O)Nc1cc(F)ccc1C. The van der Waals surface area contributed by atoms with Crippen molar-refractivity contribution in [3.8, 4) is 0 Å². The van der Waals surface area contributed by atoms with E-state index in [4.69, 9.17) is 0 Å². The zero-order valence-electron chi connectivity index (χ0n) is 9.02. The Bertz CT molecular complexity index is 310. The number of hydrogen-bond acceptors (Lipinski definition) is 1. The summed E-state index contributed by atoms with van der Waals surface area (Å²) in [4.78, 5) is 10.6. The molecule has 0 aliphatic carbocycles. The number of nitrogens with one attached hydrogen (secondary N) is 1. The summed E-state index contributed by atoms with van der Waals surface area (Å²) in [6.07, 6.45) is 0. The second-order valence-electron chi connectivity index (χ2n) is 2.64. The molecule has 14 heavy (non-hydrogen) atoms. The molecule has 0 atom stereocenters. The fraction of sp³-hybridized carbons (Fsp3) is 0.364. The molecule has 0 aliphatic heterocycles. The van der Waals surface area contributed by atoms with Crippen molar-refractivity contribution in [3.05, 3.63) is 29.6 Å². The maximum absolute atomic E-state index is 12.6. The van der Waals surface area contributed by atoms with Crippen LogP contribution in [0.3, 0.4) is 0 Å². The number of anilines is 1. The number of benzene rings is 1. The van der Waals surface area contributed by atoms with Gasteiger partial charge in [0, 0.05) is 12.6 Å². The second kappa shape index (κ2) is 6.13. The number of carbonyl (C=O) groups excluding carboxylic acids is 1. The van der Waals surface area contributed by atoms with Crippen molar-refractivity contribution in [1.82, 2.24) is 0 Å². The molecule has 1 amide bonds. The summed E-state index contributed by atoms with van der Waals surface area (Å²) in [6, 6.07) is 4.29. The summed E-state index contributed by atoms with van der Waals surface area (Å²) in [5, 5.41) is 2.53. The van der Waals surface area contributed by atoms with Gasteiger partial charge in [-0.05, 0) is 24.6 Å². The maximum atomic E-state index is 12.6. The van der Waals surface area contributed by atoms with Crippen molar-refractivity contribution in [3.63, 3.8) is 0 Å². The van der Waals surface area contributed by atoms with Crippen LogP contribution < -0.4 is 5.32 Å². The zero-order valence-corrected chi connectivity index (χ0v) is 9.02. The third-order valence-electron chi connectivity index (χ3n) is 1.51. The van der Waals surface area contributed by atoms with Gasteiger partial charge >= 0.3 is 0 Å². The fourth-order valence-corrected chi connectivity index (χ4v) is 0.919. The molecule has 0 fully saturated rings. The number of aryl methyl sites for hydroxylation is 1. The molecule has 1 aromatic rings. The Morgan fingerprint density at radius 1 is 1.36 bits per heavy atom. The van der Waals surface area contributed by atoms with E-state index >= 15 is 0 Å². The Balaban J connectivity index is 0.000000791. The van der Waals surface area contributed by atoms with Crippen molar-refractivity contribution in [2.45, 2.75) is 27.7 Å². The van der Waals surface area contributed by atoms with E-state index in [1.54, 1.807) is 6.07 Å². The maximum Gasteiger partial charge on any atom is 0.221 e. The minimum absolute atomic E-state index is 0.191. The molecule has 1 aromatic carbocycles. The lowest BCUT2D eigenvalue weighted by molar-refractivity contribution is -0.114. The summed E-state index contributed by atoms with van der Waals surface area (Å²) in [7, 11) is 0. The van der Waals surface area contributed by atoms with Crippen molar-refractivity contribution < 1.29 is 9.18 Å². The van der Waals surface area contributed by atoms with Crippen molar-refractivity contribution >= 4 is 11.6 Å². The highest BCUT2D eigenvalue weighted by atomic mass is 19.1. The Morgan fingerprint density at radius 2 is 1.93 bits per heavy atom. The third kappa shape index (κ3) is 4.03. The molecule has 0 saturated heterocycles. The Hall–Kier alpha value is -1.38. The monoisotopic (exact) mass is 197 g/mol. The fourth-order valence-electron chi connectivity index (χ4n) is 0.919. The van der Waals surface area contributed by atoms with Gasteiger partial charge in [-0.1, -0.05) is 19.9 Å². The number of carbonyl (C=O) groups is 1. The van der Waals surface area contributed by atoms with Crippen molar-refractivity contribution in [2.75, 3.05) is 5.32 Å². The van der Waals surface area contributed by atoms with Gasteiger partial charge in [-0.3, -0.25) is 4.79 Å². The normalized spacial score (nSPS) is 8.64. The van der Waals surface area contributed by atoms with Gasteiger partial charge in [0.1, 0.15) is 5.82 Å². The smallest absolute Gasteiger partial charge is 0.221 e. The minimum Gasteiger partial charge on any atom is -0.326 e. The number of halogens is 1. The summed E-state index contributed by atoms with van der Waals surface area (Å²) < 4.78 is 12.6. The molecule has 1 rings (SSSR count). The Kier molecular flexibility index (Phi) is 5.53. The number of amides is 1. The lowest BCUT2D eigenvalue weighted by Crippen LogP contribution is -2.07. The second-order valence-corrected chi connectivity index (χ2v) is 2.64. The molecular weight excluding hydrogens is 181 g/mol. The molecule has 0 heterocycles. The summed E-state index contributed by atoms with van der Waals surface area (Å²) >= 11 is 0. The lowest BCUT2D eigenvalue weighted by atomic mass is 10.2. The summed E-state index contributed by atoms with van der Waals surface area (Å²) in [5.41, 5.74) is 1.38. The molecule has 0 aromatic heterocycles. The molecular formula is C11H16FNO. The first-order chi connectivity index (χ1) is 6.59. The van der Waals surface area contributed by atoms with Crippen LogP contribution in [0.2, 0.25) is 0 Å². The van der Waals surface area contributed by atoms with Gasteiger partial charge in [0.25, 0.3) is 0 Å². The lowest BCUT2D eigenvalue weighted by Gasteiger charge is -2.05. The predicted molar refractivity (Wildman–Crippen MR) is 56.8 cm³/mol. The van der Waals surface area contributed by atoms with E-state index in [-0.39, 0.29) is 11.7 Å². The Morgan fingerprint density at radius 3 is 2.43 bits per heavy atom. The predicted octanol–water partition coefficient (Wildman–Crippen LogP) is 3.12. The van der Waals surface area contributed by atoms with Crippen LogP contribution in [0.5, 0.6) is 0 Å². The van der Waals surface area contributed by atoms with Crippen LogP contribution in [0.25, 0.3) is 0 Å². The van der Waals surface area contributed by atoms with Gasteiger partial charge in [0.2, 0.25) is 5.91 Å². The molecule has 78 valence electrons. The largest absolute Gasteiger partial charge is 0.326 e. The standard InChI is InChI=1S/C9H10FNO.C2H6/c1-6-3-4-8(10)5-9(6)11-7(2)12;1-2/h3-5H,1-2H3,(H,11,12);1-2H3. The average Bonchev–Trinajstić information content (AvgIpc) is 2.14. The quantitative estimate of drug-likeness (QED) is 0.736. The van der Waals surface area contributed by atoms with E-state index in [2.05, 4.69) is 5.32 Å². The molecule has 2 nitrogen and oxygen atoms in total. The first kappa shape index (κ1) is 12.6. The van der Waals surface area contributed by atoms with Crippen molar-refractivity contribution in [1.29, 1.82) is 0 Å². The van der Waals surface area contributed by atoms with Crippen molar-refractivity contribution in [2.24, 2.45) is 0 Å². The Labute approximate surface area is 84.1 Å². The molecule has 0 bridgehead atoms. The average molecular weight is 197 g/mol. The van der Waals surface area contributed by atoms with Crippen LogP contribution in [0.1, 0.15) is 26.3 Å². The van der Waals surface area contributed by atoms with Crippen LogP contribution in [0, 0.1) is 12.7 Å². The number of hydrogen-bond donors (Lipinski definition) is 1. The minimum atomic E-state index is -0.343. The molecule has 0 saturated carbocycles. The first-order valence-electron chi connectivity index (χ1n) is 4.63. The van der Waals surface area contributed by atoms with Crippen LogP contribution in [-0.4, -0.2) is 5.91 Å². The topological polar surface area (TPSA) is 29.1 Å². The molecule has 0 aliphatic rings. The molecule has 0 unspecified atom stereocenters. The summed E-state index contributed by atoms with van der Waals surface area (Å²) in [6.45, 7) is 7.20. The highest BCUT2D eigenvalue weighted by molar-refractivity contribution is 5.89. The van der Waals surface area contributed by atoms with E-state index in [1.165, 1.54) is 19.1 Å². The van der Waals surface area contributed by atoms with Crippen LogP contribution in [-0.2, 0) is 4.79 Å². The molecule has 3 heteroatoms. The van der Waals surface area contributed by atoms with Gasteiger partial charge in [-0.25, -0.2) is 4.39 Å².